The Morgan fingerprint density at radius 3 is 2.55 bits per heavy atom. The number of ether oxygens (including phenoxy) is 1. The van der Waals surface area contributed by atoms with Crippen LogP contribution in [-0.4, -0.2) is 62.7 Å². The molecule has 5 nitrogen and oxygen atoms in total. The molecule has 0 saturated carbocycles. The number of hydrogen-bond acceptors (Lipinski definition) is 4. The van der Waals surface area contributed by atoms with Crippen LogP contribution in [0.1, 0.15) is 48.3 Å². The molecule has 1 heterocycles. The highest BCUT2D eigenvalue weighted by molar-refractivity contribution is 5.67. The zero-order chi connectivity index (χ0) is 21.8. The summed E-state index contributed by atoms with van der Waals surface area (Å²) >= 11 is 0. The Hall–Kier alpha value is -2.53. The summed E-state index contributed by atoms with van der Waals surface area (Å²) in [5, 5.41) is 0. The van der Waals surface area contributed by atoms with Crippen LogP contribution in [0.5, 0.6) is 0 Å². The molecule has 2 aromatic carbocycles. The summed E-state index contributed by atoms with van der Waals surface area (Å²) in [6.45, 7) is 7.83. The Kier molecular flexibility index (Phi) is 6.81. The van der Waals surface area contributed by atoms with Crippen molar-refractivity contribution in [1.29, 1.82) is 0 Å². The Morgan fingerprint density at radius 2 is 1.81 bits per heavy atom. The van der Waals surface area contributed by atoms with Crippen molar-refractivity contribution in [3.63, 3.8) is 0 Å². The standard InChI is InChI=1S/C26H35N3O2/c1-20-17-22(11-12-28(3)26(30)31-19-21-7-5-4-6-8-21)24-10-9-23(18-25(20)24)29-15-13-27(2)14-16-29/h4-10,18,20,22H,11-17,19H2,1-3H3/t20-,22-/m1/s1. The maximum Gasteiger partial charge on any atom is 0.409 e. The van der Waals surface area contributed by atoms with Gasteiger partial charge in [-0.05, 0) is 60.5 Å². The molecule has 4 rings (SSSR count). The van der Waals surface area contributed by atoms with Crippen LogP contribution in [0.3, 0.4) is 0 Å². The molecule has 1 amide bonds. The molecule has 2 atom stereocenters. The third-order valence-electron chi connectivity index (χ3n) is 6.88. The molecule has 0 unspecified atom stereocenters. The molecule has 0 bridgehead atoms. The molecule has 0 spiro atoms. The second-order valence-corrected chi connectivity index (χ2v) is 9.19. The third-order valence-corrected chi connectivity index (χ3v) is 6.88. The number of fused-ring (bicyclic) bond motifs is 1. The molecule has 0 N–H and O–H groups in total. The van der Waals surface area contributed by atoms with Crippen molar-refractivity contribution in [2.24, 2.45) is 0 Å². The van der Waals surface area contributed by atoms with Gasteiger partial charge in [0.1, 0.15) is 6.61 Å². The molecule has 31 heavy (non-hydrogen) atoms. The first-order valence-corrected chi connectivity index (χ1v) is 11.5. The summed E-state index contributed by atoms with van der Waals surface area (Å²) in [5.41, 5.74) is 5.34. The number of carbonyl (C=O) groups is 1. The number of carbonyl (C=O) groups excluding carboxylic acids is 1. The fourth-order valence-electron chi connectivity index (χ4n) is 4.85. The van der Waals surface area contributed by atoms with E-state index in [1.165, 1.54) is 16.8 Å². The molecule has 0 aromatic heterocycles. The van der Waals surface area contributed by atoms with Crippen LogP contribution in [-0.2, 0) is 11.3 Å². The lowest BCUT2D eigenvalue weighted by Crippen LogP contribution is -2.44. The van der Waals surface area contributed by atoms with Crippen LogP contribution in [0.2, 0.25) is 0 Å². The quantitative estimate of drug-likeness (QED) is 0.678. The Labute approximate surface area is 186 Å². The van der Waals surface area contributed by atoms with Gasteiger partial charge in [-0.2, -0.15) is 0 Å². The Morgan fingerprint density at radius 1 is 1.06 bits per heavy atom. The van der Waals surface area contributed by atoms with Gasteiger partial charge in [-0.3, -0.25) is 0 Å². The van der Waals surface area contributed by atoms with E-state index < -0.39 is 0 Å². The predicted molar refractivity (Wildman–Crippen MR) is 126 cm³/mol. The Balaban J connectivity index is 1.31. The monoisotopic (exact) mass is 421 g/mol. The molecule has 2 aromatic rings. The van der Waals surface area contributed by atoms with Gasteiger partial charge in [0, 0.05) is 45.5 Å². The molecular weight excluding hydrogens is 386 g/mol. The molecule has 2 aliphatic rings. The zero-order valence-electron chi connectivity index (χ0n) is 19.1. The zero-order valence-corrected chi connectivity index (χ0v) is 19.1. The van der Waals surface area contributed by atoms with Crippen molar-refractivity contribution in [3.8, 4) is 0 Å². The highest BCUT2D eigenvalue weighted by atomic mass is 16.6. The number of anilines is 1. The molecular formula is C26H35N3O2. The van der Waals surface area contributed by atoms with Crippen LogP contribution < -0.4 is 4.90 Å². The summed E-state index contributed by atoms with van der Waals surface area (Å²) in [6.07, 6.45) is 1.89. The first kappa shape index (κ1) is 21.7. The maximum absolute atomic E-state index is 12.4. The summed E-state index contributed by atoms with van der Waals surface area (Å²) < 4.78 is 5.46. The first-order chi connectivity index (χ1) is 15.0. The second-order valence-electron chi connectivity index (χ2n) is 9.19. The van der Waals surface area contributed by atoms with Gasteiger partial charge in [-0.1, -0.05) is 43.3 Å². The highest BCUT2D eigenvalue weighted by Crippen LogP contribution is 2.44. The van der Waals surface area contributed by atoms with E-state index in [9.17, 15) is 4.79 Å². The average Bonchev–Trinajstić information content (AvgIpc) is 3.12. The molecule has 1 aliphatic heterocycles. The van der Waals surface area contributed by atoms with Crippen LogP contribution >= 0.6 is 0 Å². The lowest BCUT2D eigenvalue weighted by atomic mass is 9.97. The summed E-state index contributed by atoms with van der Waals surface area (Å²) in [5.74, 6) is 1.08. The van der Waals surface area contributed by atoms with Crippen molar-refractivity contribution < 1.29 is 9.53 Å². The molecule has 1 saturated heterocycles. The van der Waals surface area contributed by atoms with Gasteiger partial charge in [0.2, 0.25) is 0 Å². The lowest BCUT2D eigenvalue weighted by Gasteiger charge is -2.34. The number of rotatable bonds is 6. The molecule has 5 heteroatoms. The van der Waals surface area contributed by atoms with Gasteiger partial charge in [0.25, 0.3) is 0 Å². The minimum atomic E-state index is -0.250. The Bertz CT molecular complexity index is 877. The molecule has 1 aliphatic carbocycles. The van der Waals surface area contributed by atoms with E-state index in [1.807, 2.05) is 37.4 Å². The summed E-state index contributed by atoms with van der Waals surface area (Å²) in [4.78, 5) is 19.0. The van der Waals surface area contributed by atoms with Crippen molar-refractivity contribution in [3.05, 3.63) is 65.2 Å². The van der Waals surface area contributed by atoms with E-state index in [-0.39, 0.29) is 6.09 Å². The third kappa shape index (κ3) is 5.21. The van der Waals surface area contributed by atoms with Crippen LogP contribution in [0, 0.1) is 0 Å². The van der Waals surface area contributed by atoms with Crippen molar-refractivity contribution in [2.45, 2.75) is 38.2 Å². The predicted octanol–water partition coefficient (Wildman–Crippen LogP) is 4.69. The number of amides is 1. The van der Waals surface area contributed by atoms with Gasteiger partial charge in [0.05, 0.1) is 0 Å². The van der Waals surface area contributed by atoms with Crippen LogP contribution in [0.4, 0.5) is 10.5 Å². The first-order valence-electron chi connectivity index (χ1n) is 11.5. The lowest BCUT2D eigenvalue weighted by molar-refractivity contribution is 0.104. The molecule has 166 valence electrons. The fourth-order valence-corrected chi connectivity index (χ4v) is 4.85. The fraction of sp³-hybridized carbons (Fsp3) is 0.500. The van der Waals surface area contributed by atoms with Gasteiger partial charge in [0.15, 0.2) is 0 Å². The number of likely N-dealkylation sites (N-methyl/N-ethyl adjacent to an activating group) is 1. The van der Waals surface area contributed by atoms with Gasteiger partial charge >= 0.3 is 6.09 Å². The maximum atomic E-state index is 12.4. The van der Waals surface area contributed by atoms with Crippen molar-refractivity contribution in [2.75, 3.05) is 51.7 Å². The number of nitrogens with zero attached hydrogens (tertiary/aromatic N) is 3. The number of benzene rings is 2. The highest BCUT2D eigenvalue weighted by Gasteiger charge is 2.29. The largest absolute Gasteiger partial charge is 0.445 e. The summed E-state index contributed by atoms with van der Waals surface area (Å²) in [6, 6.07) is 16.9. The van der Waals surface area contributed by atoms with Gasteiger partial charge in [-0.25, -0.2) is 4.79 Å². The molecule has 0 radical (unpaired) electrons. The number of hydrogen-bond donors (Lipinski definition) is 0. The van der Waals surface area contributed by atoms with Crippen LogP contribution in [0.15, 0.2) is 48.5 Å². The second kappa shape index (κ2) is 9.73. The average molecular weight is 422 g/mol. The van der Waals surface area contributed by atoms with Gasteiger partial charge < -0.3 is 19.4 Å². The van der Waals surface area contributed by atoms with E-state index in [0.717, 1.165) is 44.6 Å². The normalized spacial score (nSPS) is 21.1. The van der Waals surface area contributed by atoms with E-state index >= 15 is 0 Å². The van der Waals surface area contributed by atoms with E-state index in [1.54, 1.807) is 4.90 Å². The molecule has 1 fully saturated rings. The van der Waals surface area contributed by atoms with Crippen molar-refractivity contribution in [1.82, 2.24) is 9.80 Å². The van der Waals surface area contributed by atoms with E-state index in [0.29, 0.717) is 25.0 Å². The van der Waals surface area contributed by atoms with E-state index in [4.69, 9.17) is 4.74 Å². The van der Waals surface area contributed by atoms with Crippen molar-refractivity contribution >= 4 is 11.8 Å². The van der Waals surface area contributed by atoms with E-state index in [2.05, 4.69) is 42.0 Å². The topological polar surface area (TPSA) is 36.0 Å². The number of piperazine rings is 1. The summed E-state index contributed by atoms with van der Waals surface area (Å²) in [7, 11) is 4.03. The van der Waals surface area contributed by atoms with Crippen LogP contribution in [0.25, 0.3) is 0 Å². The smallest absolute Gasteiger partial charge is 0.409 e. The SMILES string of the molecule is C[C@@H]1C[C@@H](CCN(C)C(=O)OCc2ccccc2)c2ccc(N3CCN(C)CC3)cc21. The van der Waals surface area contributed by atoms with Gasteiger partial charge in [-0.15, -0.1) is 0 Å². The minimum absolute atomic E-state index is 0.250. The minimum Gasteiger partial charge on any atom is -0.445 e.